The molecule has 3 aromatic heterocycles. The van der Waals surface area contributed by atoms with Crippen LogP contribution >= 0.6 is 31.9 Å². The quantitative estimate of drug-likeness (QED) is 0.287. The summed E-state index contributed by atoms with van der Waals surface area (Å²) < 4.78 is 0.873. The van der Waals surface area contributed by atoms with E-state index in [0.717, 1.165) is 17.6 Å². The molecule has 0 fully saturated rings. The van der Waals surface area contributed by atoms with Crippen molar-refractivity contribution >= 4 is 60.4 Å². The molecule has 0 saturated carbocycles. The zero-order chi connectivity index (χ0) is 19.4. The lowest BCUT2D eigenvalue weighted by Gasteiger charge is -1.97. The normalized spacial score (nSPS) is 10.1. The minimum absolute atomic E-state index is 0.184. The first-order valence-electron chi connectivity index (χ1n) is 6.60. The Balaban J connectivity index is 0.000000187. The fourth-order valence-corrected chi connectivity index (χ4v) is 2.67. The largest absolute Gasteiger partial charge is 0.478 e. The fraction of sp³-hybridized carbons (Fsp3) is 0. The number of halogens is 2. The Kier molecular flexibility index (Phi) is 6.00. The van der Waals surface area contributed by atoms with Gasteiger partial charge in [-0.2, -0.15) is 0 Å². The van der Waals surface area contributed by atoms with Crippen LogP contribution in [0.3, 0.4) is 0 Å². The molecule has 0 aromatic carbocycles. The van der Waals surface area contributed by atoms with Crippen LogP contribution in [0.5, 0.6) is 0 Å². The van der Waals surface area contributed by atoms with E-state index in [1.807, 2.05) is 0 Å². The van der Waals surface area contributed by atoms with Gasteiger partial charge in [0.2, 0.25) is 0 Å². The predicted molar refractivity (Wildman–Crippen MR) is 96.3 cm³/mol. The Labute approximate surface area is 161 Å². The number of carboxylic acids is 2. The summed E-state index contributed by atoms with van der Waals surface area (Å²) in [7, 11) is 0. The second-order valence-electron chi connectivity index (χ2n) is 4.62. The molecule has 0 spiro atoms. The zero-order valence-electron chi connectivity index (χ0n) is 12.5. The summed E-state index contributed by atoms with van der Waals surface area (Å²) in [5.74, 6) is -2.35. The van der Waals surface area contributed by atoms with Crippen LogP contribution in [-0.2, 0) is 0 Å². The van der Waals surface area contributed by atoms with Crippen molar-refractivity contribution in [1.82, 2.24) is 15.0 Å². The third-order valence-electron chi connectivity index (χ3n) is 3.05. The van der Waals surface area contributed by atoms with Gasteiger partial charge in [0.25, 0.3) is 5.69 Å². The van der Waals surface area contributed by atoms with Gasteiger partial charge in [0.1, 0.15) is 14.8 Å². The van der Waals surface area contributed by atoms with Crippen LogP contribution in [0, 0.1) is 10.1 Å². The third kappa shape index (κ3) is 4.21. The van der Waals surface area contributed by atoms with Crippen LogP contribution in [0.25, 0.3) is 10.9 Å². The molecule has 0 atom stereocenters. The molecule has 12 heteroatoms. The van der Waals surface area contributed by atoms with Crippen molar-refractivity contribution in [2.24, 2.45) is 0 Å². The first-order valence-corrected chi connectivity index (χ1v) is 8.19. The molecule has 0 saturated heterocycles. The monoisotopic (exact) mass is 486 g/mol. The van der Waals surface area contributed by atoms with E-state index >= 15 is 0 Å². The van der Waals surface area contributed by atoms with Crippen molar-refractivity contribution < 1.29 is 24.7 Å². The van der Waals surface area contributed by atoms with Crippen LogP contribution in [0.4, 0.5) is 5.69 Å². The van der Waals surface area contributed by atoms with E-state index < -0.39 is 28.1 Å². The molecule has 0 amide bonds. The highest BCUT2D eigenvalue weighted by Crippen LogP contribution is 2.23. The minimum Gasteiger partial charge on any atom is -0.478 e. The average Bonchev–Trinajstić information content (AvgIpc) is 3.05. The number of H-pyrrole nitrogens is 1. The summed E-state index contributed by atoms with van der Waals surface area (Å²) >= 11 is 6.14. The summed E-state index contributed by atoms with van der Waals surface area (Å²) in [6, 6.07) is 2.82. The van der Waals surface area contributed by atoms with Crippen LogP contribution in [0.1, 0.15) is 20.7 Å². The van der Waals surface area contributed by atoms with Gasteiger partial charge in [-0.15, -0.1) is 0 Å². The van der Waals surface area contributed by atoms with Crippen molar-refractivity contribution in [3.8, 4) is 0 Å². The number of aromatic carboxylic acids is 2. The van der Waals surface area contributed by atoms with Gasteiger partial charge >= 0.3 is 11.9 Å². The molecular formula is C14H8Br2N4O6. The lowest BCUT2D eigenvalue weighted by atomic mass is 10.2. The third-order valence-corrected chi connectivity index (χ3v) is 4.12. The van der Waals surface area contributed by atoms with E-state index in [9.17, 15) is 19.7 Å². The van der Waals surface area contributed by atoms with E-state index in [0.29, 0.717) is 10.1 Å². The molecular weight excluding hydrogens is 480 g/mol. The number of hydrogen-bond acceptors (Lipinski definition) is 6. The molecule has 3 rings (SSSR count). The summed E-state index contributed by atoms with van der Waals surface area (Å²) in [5.41, 5.74) is -0.125. The summed E-state index contributed by atoms with van der Waals surface area (Å²) in [6.07, 6.45) is 3.94. The maximum atomic E-state index is 10.7. The smallest absolute Gasteiger partial charge is 0.344 e. The Morgan fingerprint density at radius 3 is 2.31 bits per heavy atom. The molecule has 134 valence electrons. The molecule has 3 N–H and O–H groups in total. The lowest BCUT2D eigenvalue weighted by Crippen LogP contribution is -2.03. The summed E-state index contributed by atoms with van der Waals surface area (Å²) in [4.78, 5) is 41.2. The number of nitrogens with zero attached hydrogens (tertiary/aromatic N) is 3. The molecule has 0 aliphatic rings. The highest BCUT2D eigenvalue weighted by atomic mass is 79.9. The standard InChI is InChI=1S/C8H5BrN2O2.C6H3BrN2O4/c9-7-4-1-2-10-6(4)5(3-11-7)8(12)13;7-5-1-4(9(12)13)3(2-8-5)6(10)11/h1-3,10H,(H,12,13);1-2H,(H,10,11). The van der Waals surface area contributed by atoms with Gasteiger partial charge in [-0.3, -0.25) is 10.1 Å². The Bertz CT molecular complexity index is 1020. The molecule has 0 aliphatic heterocycles. The average molecular weight is 488 g/mol. The second kappa shape index (κ2) is 8.01. The number of nitrogens with one attached hydrogen (secondary N) is 1. The van der Waals surface area contributed by atoms with E-state index in [1.54, 1.807) is 12.3 Å². The number of carbonyl (C=O) groups is 2. The summed E-state index contributed by atoms with van der Waals surface area (Å²) in [5, 5.41) is 28.5. The summed E-state index contributed by atoms with van der Waals surface area (Å²) in [6.45, 7) is 0. The van der Waals surface area contributed by atoms with Gasteiger partial charge in [-0.25, -0.2) is 19.6 Å². The zero-order valence-corrected chi connectivity index (χ0v) is 15.7. The molecule has 0 bridgehead atoms. The minimum atomic E-state index is -1.37. The predicted octanol–water partition coefficient (Wildman–Crippen LogP) is 3.47. The highest BCUT2D eigenvalue weighted by Gasteiger charge is 2.20. The Morgan fingerprint density at radius 2 is 1.73 bits per heavy atom. The van der Waals surface area contributed by atoms with Gasteiger partial charge in [0.05, 0.1) is 10.4 Å². The van der Waals surface area contributed by atoms with E-state index in [2.05, 4.69) is 46.8 Å². The molecule has 0 radical (unpaired) electrons. The van der Waals surface area contributed by atoms with E-state index in [-0.39, 0.29) is 10.2 Å². The maximum Gasteiger partial charge on any atom is 0.344 e. The number of aromatic amines is 1. The number of aromatic nitrogens is 3. The van der Waals surface area contributed by atoms with Crippen LogP contribution in [0.15, 0.2) is 39.9 Å². The molecule has 3 heterocycles. The number of carboxylic acid groups (broad SMARTS) is 2. The number of pyridine rings is 2. The van der Waals surface area contributed by atoms with Gasteiger partial charge in [-0.1, -0.05) is 0 Å². The number of fused-ring (bicyclic) bond motifs is 1. The maximum absolute atomic E-state index is 10.7. The number of hydrogen-bond donors (Lipinski definition) is 3. The van der Waals surface area contributed by atoms with Crippen LogP contribution in [0.2, 0.25) is 0 Å². The highest BCUT2D eigenvalue weighted by molar-refractivity contribution is 9.10. The molecule has 0 unspecified atom stereocenters. The molecule has 26 heavy (non-hydrogen) atoms. The SMILES string of the molecule is O=C(O)c1cnc(Br)c2cc[nH]c12.O=C(O)c1cnc(Br)cc1[N+](=O)[O-]. The first-order chi connectivity index (χ1) is 12.2. The van der Waals surface area contributed by atoms with Gasteiger partial charge in [-0.05, 0) is 37.9 Å². The van der Waals surface area contributed by atoms with E-state index in [4.69, 9.17) is 10.2 Å². The molecule has 10 nitrogen and oxygen atoms in total. The van der Waals surface area contributed by atoms with Crippen molar-refractivity contribution in [2.75, 3.05) is 0 Å². The Morgan fingerprint density at radius 1 is 1.12 bits per heavy atom. The van der Waals surface area contributed by atoms with E-state index in [1.165, 1.54) is 6.20 Å². The number of nitro groups is 1. The van der Waals surface area contributed by atoms with Crippen molar-refractivity contribution in [2.45, 2.75) is 0 Å². The number of rotatable bonds is 3. The topological polar surface area (TPSA) is 159 Å². The van der Waals surface area contributed by atoms with Gasteiger partial charge < -0.3 is 15.2 Å². The van der Waals surface area contributed by atoms with Crippen molar-refractivity contribution in [3.05, 3.63) is 61.2 Å². The van der Waals surface area contributed by atoms with Gasteiger partial charge in [0, 0.05) is 30.0 Å². The molecule has 0 aliphatic carbocycles. The van der Waals surface area contributed by atoms with Gasteiger partial charge in [0.15, 0.2) is 5.56 Å². The van der Waals surface area contributed by atoms with Crippen LogP contribution in [-0.4, -0.2) is 42.0 Å². The lowest BCUT2D eigenvalue weighted by molar-refractivity contribution is -0.385. The van der Waals surface area contributed by atoms with Crippen LogP contribution < -0.4 is 0 Å². The first kappa shape index (κ1) is 19.5. The second-order valence-corrected chi connectivity index (χ2v) is 6.18. The van der Waals surface area contributed by atoms with Crippen molar-refractivity contribution in [1.29, 1.82) is 0 Å². The Hall–Kier alpha value is -2.86. The fourth-order valence-electron chi connectivity index (χ4n) is 1.92. The molecule has 3 aromatic rings. The van der Waals surface area contributed by atoms with Crippen molar-refractivity contribution in [3.63, 3.8) is 0 Å².